The van der Waals surface area contributed by atoms with Gasteiger partial charge < -0.3 is 10.1 Å². The summed E-state index contributed by atoms with van der Waals surface area (Å²) in [4.78, 5) is 0. The van der Waals surface area contributed by atoms with Gasteiger partial charge in [0.1, 0.15) is 0 Å². The van der Waals surface area contributed by atoms with Crippen molar-refractivity contribution in [2.75, 3.05) is 24.7 Å². The molecule has 2 rings (SSSR count). The van der Waals surface area contributed by atoms with Crippen molar-refractivity contribution in [3.8, 4) is 0 Å². The Bertz CT molecular complexity index is 342. The maximum atomic E-state index is 12.0. The van der Waals surface area contributed by atoms with E-state index < -0.39 is 9.84 Å². The Hall–Kier alpha value is -0.130. The first-order valence-corrected chi connectivity index (χ1v) is 9.53. The Morgan fingerprint density at radius 2 is 1.74 bits per heavy atom. The van der Waals surface area contributed by atoms with E-state index in [9.17, 15) is 8.42 Å². The number of ether oxygens (including phenoxy) is 1. The Kier molecular flexibility index (Phi) is 6.10. The van der Waals surface area contributed by atoms with E-state index in [1.807, 2.05) is 0 Å². The molecule has 4 nitrogen and oxygen atoms in total. The molecule has 1 saturated heterocycles. The van der Waals surface area contributed by atoms with Crippen LogP contribution in [0.4, 0.5) is 0 Å². The minimum absolute atomic E-state index is 0.0529. The molecule has 0 aromatic rings. The predicted molar refractivity (Wildman–Crippen MR) is 77.1 cm³/mol. The van der Waals surface area contributed by atoms with Gasteiger partial charge in [0.2, 0.25) is 0 Å². The van der Waals surface area contributed by atoms with Gasteiger partial charge in [0.05, 0.1) is 17.6 Å². The van der Waals surface area contributed by atoms with Gasteiger partial charge in [-0.3, -0.25) is 0 Å². The van der Waals surface area contributed by atoms with Crippen LogP contribution in [0.5, 0.6) is 0 Å². The molecule has 1 heterocycles. The topological polar surface area (TPSA) is 55.4 Å². The molecule has 0 aromatic heterocycles. The second kappa shape index (κ2) is 7.60. The second-order valence-corrected chi connectivity index (χ2v) is 8.12. The summed E-state index contributed by atoms with van der Waals surface area (Å²) >= 11 is 0. The normalized spacial score (nSPS) is 26.4. The fraction of sp³-hybridized carbons (Fsp3) is 1.00. The molecule has 5 heteroatoms. The maximum Gasteiger partial charge on any atom is 0.154 e. The van der Waals surface area contributed by atoms with Crippen molar-refractivity contribution < 1.29 is 13.2 Å². The minimum Gasteiger partial charge on any atom is -0.377 e. The third-order valence-electron chi connectivity index (χ3n) is 4.17. The van der Waals surface area contributed by atoms with Crippen LogP contribution in [0, 0.1) is 0 Å². The lowest BCUT2D eigenvalue weighted by Crippen LogP contribution is -2.34. The first kappa shape index (κ1) is 15.3. The molecule has 19 heavy (non-hydrogen) atoms. The molecule has 112 valence electrons. The van der Waals surface area contributed by atoms with Gasteiger partial charge in [-0.25, -0.2) is 8.42 Å². The van der Waals surface area contributed by atoms with Crippen LogP contribution < -0.4 is 5.32 Å². The van der Waals surface area contributed by atoms with Crippen molar-refractivity contribution in [3.63, 3.8) is 0 Å². The molecule has 2 aliphatic rings. The van der Waals surface area contributed by atoms with Crippen LogP contribution in [0.15, 0.2) is 0 Å². The van der Waals surface area contributed by atoms with E-state index in [-0.39, 0.29) is 17.6 Å². The molecular formula is C14H27NO3S. The molecule has 1 unspecified atom stereocenters. The summed E-state index contributed by atoms with van der Waals surface area (Å²) in [5.74, 6) is 0.461. The molecule has 0 aromatic carbocycles. The number of hydrogen-bond donors (Lipinski definition) is 1. The summed E-state index contributed by atoms with van der Waals surface area (Å²) in [6.45, 7) is 1.32. The summed E-state index contributed by atoms with van der Waals surface area (Å²) in [5, 5.41) is 3.42. The van der Waals surface area contributed by atoms with E-state index in [0.29, 0.717) is 12.6 Å². The molecule has 2 fully saturated rings. The lowest BCUT2D eigenvalue weighted by atomic mass is 10.1. The summed E-state index contributed by atoms with van der Waals surface area (Å²) in [6.07, 6.45) is 9.46. The van der Waals surface area contributed by atoms with Gasteiger partial charge in [0, 0.05) is 19.2 Å². The van der Waals surface area contributed by atoms with Crippen LogP contribution in [0.2, 0.25) is 0 Å². The zero-order chi connectivity index (χ0) is 13.6. The largest absolute Gasteiger partial charge is 0.377 e. The average Bonchev–Trinajstić information content (AvgIpc) is 2.71. The number of sulfone groups is 1. The van der Waals surface area contributed by atoms with Gasteiger partial charge in [-0.15, -0.1) is 0 Å². The summed E-state index contributed by atoms with van der Waals surface area (Å²) in [7, 11) is -2.96. The highest BCUT2D eigenvalue weighted by atomic mass is 32.2. The Morgan fingerprint density at radius 3 is 2.37 bits per heavy atom. The van der Waals surface area contributed by atoms with Gasteiger partial charge in [-0.2, -0.15) is 0 Å². The van der Waals surface area contributed by atoms with Crippen LogP contribution in [0.3, 0.4) is 0 Å². The van der Waals surface area contributed by atoms with Crippen LogP contribution in [-0.4, -0.2) is 45.2 Å². The van der Waals surface area contributed by atoms with Crippen LogP contribution in [-0.2, 0) is 14.6 Å². The van der Waals surface area contributed by atoms with Crippen molar-refractivity contribution in [2.24, 2.45) is 0 Å². The van der Waals surface area contributed by atoms with Crippen molar-refractivity contribution in [2.45, 2.75) is 63.5 Å². The predicted octanol–water partition coefficient (Wildman–Crippen LogP) is 1.89. The fourth-order valence-corrected chi connectivity index (χ4v) is 4.47. The number of nitrogens with one attached hydrogen (secondary N) is 1. The molecule has 0 spiro atoms. The zero-order valence-corrected chi connectivity index (χ0v) is 12.6. The van der Waals surface area contributed by atoms with E-state index >= 15 is 0 Å². The van der Waals surface area contributed by atoms with Gasteiger partial charge in [-0.1, -0.05) is 25.7 Å². The third-order valence-corrected chi connectivity index (χ3v) is 5.87. The van der Waals surface area contributed by atoms with Crippen molar-refractivity contribution in [1.29, 1.82) is 0 Å². The molecular weight excluding hydrogens is 262 g/mol. The average molecular weight is 289 g/mol. The monoisotopic (exact) mass is 289 g/mol. The zero-order valence-electron chi connectivity index (χ0n) is 11.8. The van der Waals surface area contributed by atoms with E-state index in [4.69, 9.17) is 4.74 Å². The highest BCUT2D eigenvalue weighted by Gasteiger charge is 2.23. The van der Waals surface area contributed by atoms with Gasteiger partial charge in [0.25, 0.3) is 0 Å². The standard InChI is InChI=1S/C14H27NO3S/c16-19(17,12-14-8-5-10-18-14)11-9-15-13-6-3-1-2-4-7-13/h13-15H,1-12H2. The smallest absolute Gasteiger partial charge is 0.154 e. The van der Waals surface area contributed by atoms with Gasteiger partial charge in [-0.05, 0) is 25.7 Å². The Labute approximate surface area is 117 Å². The lowest BCUT2D eigenvalue weighted by Gasteiger charge is -2.16. The molecule has 1 N–H and O–H groups in total. The van der Waals surface area contributed by atoms with E-state index in [2.05, 4.69) is 5.32 Å². The van der Waals surface area contributed by atoms with Crippen molar-refractivity contribution in [3.05, 3.63) is 0 Å². The molecule has 0 radical (unpaired) electrons. The first-order chi connectivity index (χ1) is 9.16. The van der Waals surface area contributed by atoms with Crippen LogP contribution in [0.25, 0.3) is 0 Å². The second-order valence-electron chi connectivity index (χ2n) is 5.89. The first-order valence-electron chi connectivity index (χ1n) is 7.71. The minimum atomic E-state index is -2.96. The maximum absolute atomic E-state index is 12.0. The van der Waals surface area contributed by atoms with E-state index in [1.165, 1.54) is 38.5 Å². The third kappa shape index (κ3) is 5.79. The molecule has 0 amide bonds. The van der Waals surface area contributed by atoms with Crippen molar-refractivity contribution >= 4 is 9.84 Å². The number of hydrogen-bond acceptors (Lipinski definition) is 4. The van der Waals surface area contributed by atoms with Crippen LogP contribution >= 0.6 is 0 Å². The lowest BCUT2D eigenvalue weighted by molar-refractivity contribution is 0.127. The summed E-state index contributed by atoms with van der Waals surface area (Å²) in [6, 6.07) is 0.528. The highest BCUT2D eigenvalue weighted by Crippen LogP contribution is 2.17. The summed E-state index contributed by atoms with van der Waals surface area (Å²) in [5.41, 5.74) is 0. The van der Waals surface area contributed by atoms with Gasteiger partial charge in [0.15, 0.2) is 9.84 Å². The van der Waals surface area contributed by atoms with Crippen molar-refractivity contribution in [1.82, 2.24) is 5.32 Å². The van der Waals surface area contributed by atoms with E-state index in [1.54, 1.807) is 0 Å². The fourth-order valence-electron chi connectivity index (χ4n) is 3.04. The molecule has 1 aliphatic heterocycles. The Morgan fingerprint density at radius 1 is 1.00 bits per heavy atom. The van der Waals surface area contributed by atoms with E-state index in [0.717, 1.165) is 19.4 Å². The Balaban J connectivity index is 1.65. The molecule has 1 aliphatic carbocycles. The SMILES string of the molecule is O=S(=O)(CCNC1CCCCCC1)CC1CCCO1. The summed E-state index contributed by atoms with van der Waals surface area (Å²) < 4.78 is 29.4. The highest BCUT2D eigenvalue weighted by molar-refractivity contribution is 7.91. The van der Waals surface area contributed by atoms with Gasteiger partial charge >= 0.3 is 0 Å². The van der Waals surface area contributed by atoms with Crippen LogP contribution in [0.1, 0.15) is 51.4 Å². The molecule has 0 bridgehead atoms. The molecule has 1 saturated carbocycles. The quantitative estimate of drug-likeness (QED) is 0.759. The number of rotatable bonds is 6. The molecule has 1 atom stereocenters.